The fraction of sp³-hybridized carbons (Fsp3) is 0.176. The van der Waals surface area contributed by atoms with Crippen molar-refractivity contribution in [3.63, 3.8) is 0 Å². The second-order valence-electron chi connectivity index (χ2n) is 5.40. The van der Waals surface area contributed by atoms with Gasteiger partial charge in [-0.25, -0.2) is 0 Å². The fourth-order valence-electron chi connectivity index (χ4n) is 2.24. The summed E-state index contributed by atoms with van der Waals surface area (Å²) in [5, 5.41) is 5.26. The van der Waals surface area contributed by atoms with Gasteiger partial charge < -0.3 is 25.8 Å². The number of benzene rings is 2. The number of rotatable bonds is 3. The molecular weight excluding hydrogens is 346 g/mol. The highest BCUT2D eigenvalue weighted by Crippen LogP contribution is 2.30. The minimum Gasteiger partial charge on any atom is -0.486 e. The molecule has 7 nitrogen and oxygen atoms in total. The molecule has 130 valence electrons. The van der Waals surface area contributed by atoms with Crippen molar-refractivity contribution in [1.82, 2.24) is 5.32 Å². The molecule has 1 aliphatic rings. The molecule has 1 atom stereocenters. The van der Waals surface area contributed by atoms with Crippen LogP contribution in [-0.4, -0.2) is 31.1 Å². The highest BCUT2D eigenvalue weighted by molar-refractivity contribution is 6.40. The van der Waals surface area contributed by atoms with E-state index in [1.54, 1.807) is 24.3 Å². The molecule has 2 aromatic carbocycles. The molecule has 25 heavy (non-hydrogen) atoms. The van der Waals surface area contributed by atoms with Crippen LogP contribution in [0.1, 0.15) is 0 Å². The molecule has 0 fully saturated rings. The second-order valence-corrected chi connectivity index (χ2v) is 5.81. The molecule has 2 aromatic rings. The Bertz CT molecular complexity index is 812. The van der Waals surface area contributed by atoms with E-state index < -0.39 is 11.8 Å². The lowest BCUT2D eigenvalue weighted by atomic mass is 10.2. The maximum Gasteiger partial charge on any atom is 0.313 e. The van der Waals surface area contributed by atoms with Crippen LogP contribution >= 0.6 is 11.6 Å². The lowest BCUT2D eigenvalue weighted by molar-refractivity contribution is -0.136. The van der Waals surface area contributed by atoms with E-state index in [9.17, 15) is 9.59 Å². The van der Waals surface area contributed by atoms with Gasteiger partial charge in [0.25, 0.3) is 0 Å². The molecule has 0 aromatic heterocycles. The number of ether oxygens (including phenoxy) is 2. The zero-order valence-electron chi connectivity index (χ0n) is 13.1. The highest BCUT2D eigenvalue weighted by Gasteiger charge is 2.22. The number of nitrogens with one attached hydrogen (secondary N) is 2. The van der Waals surface area contributed by atoms with Gasteiger partial charge in [-0.05, 0) is 30.3 Å². The summed E-state index contributed by atoms with van der Waals surface area (Å²) in [6, 6.07) is 11.8. The van der Waals surface area contributed by atoms with Gasteiger partial charge in [-0.2, -0.15) is 0 Å². The first-order valence-electron chi connectivity index (χ1n) is 7.55. The summed E-state index contributed by atoms with van der Waals surface area (Å²) in [4.78, 5) is 23.8. The van der Waals surface area contributed by atoms with Crippen LogP contribution in [0.25, 0.3) is 0 Å². The average molecular weight is 362 g/mol. The van der Waals surface area contributed by atoms with Gasteiger partial charge in [0.2, 0.25) is 0 Å². The highest BCUT2D eigenvalue weighted by atomic mass is 35.5. The number of amides is 2. The molecule has 0 saturated carbocycles. The first-order chi connectivity index (χ1) is 12.0. The summed E-state index contributed by atoms with van der Waals surface area (Å²) in [6.45, 7) is 0.426. The number of para-hydroxylation sites is 2. The molecule has 0 radical (unpaired) electrons. The van der Waals surface area contributed by atoms with E-state index in [0.29, 0.717) is 27.9 Å². The zero-order valence-corrected chi connectivity index (χ0v) is 13.9. The van der Waals surface area contributed by atoms with Gasteiger partial charge >= 0.3 is 11.8 Å². The number of hydrogen-bond donors (Lipinski definition) is 3. The molecule has 1 heterocycles. The molecule has 1 unspecified atom stereocenters. The molecule has 0 aliphatic carbocycles. The van der Waals surface area contributed by atoms with Crippen molar-refractivity contribution in [1.29, 1.82) is 0 Å². The van der Waals surface area contributed by atoms with Gasteiger partial charge in [-0.3, -0.25) is 9.59 Å². The minimum absolute atomic E-state index is 0.142. The Morgan fingerprint density at radius 3 is 2.68 bits per heavy atom. The Balaban J connectivity index is 1.51. The van der Waals surface area contributed by atoms with E-state index in [4.69, 9.17) is 26.8 Å². The third-order valence-corrected chi connectivity index (χ3v) is 3.85. The molecule has 4 N–H and O–H groups in total. The van der Waals surface area contributed by atoms with Crippen LogP contribution in [0, 0.1) is 0 Å². The van der Waals surface area contributed by atoms with Crippen molar-refractivity contribution in [3.8, 4) is 11.5 Å². The summed E-state index contributed by atoms with van der Waals surface area (Å²) in [5.74, 6) is -0.328. The fourth-order valence-corrected chi connectivity index (χ4v) is 2.42. The van der Waals surface area contributed by atoms with E-state index in [2.05, 4.69) is 10.6 Å². The maximum atomic E-state index is 11.9. The smallest absolute Gasteiger partial charge is 0.313 e. The van der Waals surface area contributed by atoms with Crippen LogP contribution in [0.2, 0.25) is 5.02 Å². The van der Waals surface area contributed by atoms with Gasteiger partial charge in [0, 0.05) is 5.69 Å². The first kappa shape index (κ1) is 16.9. The van der Waals surface area contributed by atoms with Crippen LogP contribution in [0.3, 0.4) is 0 Å². The third kappa shape index (κ3) is 4.13. The lowest BCUT2D eigenvalue weighted by Gasteiger charge is -2.26. The summed E-state index contributed by atoms with van der Waals surface area (Å²) >= 11 is 5.87. The minimum atomic E-state index is -0.807. The van der Waals surface area contributed by atoms with E-state index in [1.165, 1.54) is 6.07 Å². The van der Waals surface area contributed by atoms with E-state index in [-0.39, 0.29) is 19.3 Å². The van der Waals surface area contributed by atoms with Crippen molar-refractivity contribution in [2.45, 2.75) is 6.10 Å². The molecule has 2 amide bonds. The molecule has 1 aliphatic heterocycles. The Labute approximate surface area is 149 Å². The van der Waals surface area contributed by atoms with E-state index >= 15 is 0 Å². The Hall–Kier alpha value is -2.93. The number of carbonyl (C=O) groups is 2. The van der Waals surface area contributed by atoms with Crippen LogP contribution in [-0.2, 0) is 9.59 Å². The van der Waals surface area contributed by atoms with Crippen molar-refractivity contribution >= 4 is 34.8 Å². The quantitative estimate of drug-likeness (QED) is 0.571. The van der Waals surface area contributed by atoms with Crippen LogP contribution < -0.4 is 25.8 Å². The Kier molecular flexibility index (Phi) is 4.95. The van der Waals surface area contributed by atoms with E-state index in [1.807, 2.05) is 12.1 Å². The summed E-state index contributed by atoms with van der Waals surface area (Å²) in [7, 11) is 0. The van der Waals surface area contributed by atoms with Gasteiger partial charge in [-0.15, -0.1) is 0 Å². The SMILES string of the molecule is Nc1ccc(NC(=O)C(=O)NCC2COc3ccccc3O2)cc1Cl. The number of nitrogen functional groups attached to an aromatic ring is 1. The number of hydrogen-bond acceptors (Lipinski definition) is 5. The molecule has 3 rings (SSSR count). The number of carbonyl (C=O) groups excluding carboxylic acids is 2. The third-order valence-electron chi connectivity index (χ3n) is 3.52. The van der Waals surface area contributed by atoms with Crippen molar-refractivity contribution in [2.75, 3.05) is 24.2 Å². The van der Waals surface area contributed by atoms with Crippen molar-refractivity contribution in [3.05, 3.63) is 47.5 Å². The second kappa shape index (κ2) is 7.31. The molecule has 0 bridgehead atoms. The van der Waals surface area contributed by atoms with Crippen LogP contribution in [0.15, 0.2) is 42.5 Å². The monoisotopic (exact) mass is 361 g/mol. The standard InChI is InChI=1S/C17H16ClN3O4/c18-12-7-10(5-6-13(12)19)21-17(23)16(22)20-8-11-9-24-14-3-1-2-4-15(14)25-11/h1-7,11H,8-9,19H2,(H,20,22)(H,21,23). The van der Waals surface area contributed by atoms with Gasteiger partial charge in [0.15, 0.2) is 11.5 Å². The summed E-state index contributed by atoms with van der Waals surface area (Å²) in [5.41, 5.74) is 6.36. The average Bonchev–Trinajstić information content (AvgIpc) is 2.62. The Morgan fingerprint density at radius 2 is 1.92 bits per heavy atom. The maximum absolute atomic E-state index is 11.9. The number of anilines is 2. The van der Waals surface area contributed by atoms with Gasteiger partial charge in [-0.1, -0.05) is 23.7 Å². The normalized spacial score (nSPS) is 15.3. The van der Waals surface area contributed by atoms with Crippen LogP contribution in [0.4, 0.5) is 11.4 Å². The van der Waals surface area contributed by atoms with Gasteiger partial charge in [0.05, 0.1) is 17.3 Å². The zero-order chi connectivity index (χ0) is 17.8. The number of nitrogens with two attached hydrogens (primary N) is 1. The molecule has 0 saturated heterocycles. The Morgan fingerprint density at radius 1 is 1.16 bits per heavy atom. The van der Waals surface area contributed by atoms with Gasteiger partial charge in [0.1, 0.15) is 12.7 Å². The molecule has 8 heteroatoms. The topological polar surface area (TPSA) is 103 Å². The summed E-state index contributed by atoms with van der Waals surface area (Å²) in [6.07, 6.45) is -0.377. The van der Waals surface area contributed by atoms with Crippen molar-refractivity contribution < 1.29 is 19.1 Å². The number of halogens is 1. The molecule has 0 spiro atoms. The predicted octanol–water partition coefficient (Wildman–Crippen LogP) is 1.82. The number of fused-ring (bicyclic) bond motifs is 1. The largest absolute Gasteiger partial charge is 0.486 e. The first-order valence-corrected chi connectivity index (χ1v) is 7.93. The lowest BCUT2D eigenvalue weighted by Crippen LogP contribution is -2.44. The predicted molar refractivity (Wildman–Crippen MR) is 93.9 cm³/mol. The van der Waals surface area contributed by atoms with E-state index in [0.717, 1.165) is 0 Å². The van der Waals surface area contributed by atoms with Crippen molar-refractivity contribution in [2.24, 2.45) is 0 Å². The van der Waals surface area contributed by atoms with Crippen LogP contribution in [0.5, 0.6) is 11.5 Å². The summed E-state index contributed by atoms with van der Waals surface area (Å²) < 4.78 is 11.3. The molecular formula is C17H16ClN3O4.